The van der Waals surface area contributed by atoms with E-state index in [2.05, 4.69) is 10.6 Å². The van der Waals surface area contributed by atoms with Crippen molar-refractivity contribution in [3.8, 4) is 0 Å². The Bertz CT molecular complexity index is 579. The molecule has 1 atom stereocenters. The van der Waals surface area contributed by atoms with Crippen LogP contribution in [0.3, 0.4) is 0 Å². The third-order valence-electron chi connectivity index (χ3n) is 2.67. The minimum atomic E-state index is -0.874. The number of amides is 2. The maximum atomic E-state index is 12.0. The Morgan fingerprint density at radius 3 is 2.26 bits per heavy atom. The Kier molecular flexibility index (Phi) is 6.57. The quantitative estimate of drug-likeness (QED) is 0.802. The molecule has 0 fully saturated rings. The van der Waals surface area contributed by atoms with Crippen LogP contribution in [-0.2, 0) is 14.3 Å². The van der Waals surface area contributed by atoms with E-state index in [1.165, 1.54) is 6.92 Å². The van der Waals surface area contributed by atoms with Crippen molar-refractivity contribution in [2.24, 2.45) is 0 Å². The lowest BCUT2D eigenvalue weighted by Gasteiger charge is -2.20. The molecule has 0 radical (unpaired) electrons. The summed E-state index contributed by atoms with van der Waals surface area (Å²) in [4.78, 5) is 35.3. The van der Waals surface area contributed by atoms with Crippen molar-refractivity contribution >= 4 is 29.4 Å². The standard InChI is InChI=1S/C16H21ClN2O4/c1-10(15(22)23-9-13(20)19-16(2,3)4)18-14(21)11-5-7-12(17)8-6-11/h5-8,10H,9H2,1-4H3,(H,18,21)(H,19,20). The van der Waals surface area contributed by atoms with Gasteiger partial charge in [0.2, 0.25) is 0 Å². The molecule has 23 heavy (non-hydrogen) atoms. The van der Waals surface area contributed by atoms with Gasteiger partial charge in [-0.1, -0.05) is 11.6 Å². The monoisotopic (exact) mass is 340 g/mol. The van der Waals surface area contributed by atoms with Gasteiger partial charge < -0.3 is 15.4 Å². The molecule has 0 heterocycles. The summed E-state index contributed by atoms with van der Waals surface area (Å²) in [6, 6.07) is 5.38. The lowest BCUT2D eigenvalue weighted by molar-refractivity contribution is -0.150. The Balaban J connectivity index is 2.46. The Morgan fingerprint density at radius 1 is 1.17 bits per heavy atom. The van der Waals surface area contributed by atoms with E-state index in [4.69, 9.17) is 16.3 Å². The van der Waals surface area contributed by atoms with Gasteiger partial charge in [0, 0.05) is 16.1 Å². The van der Waals surface area contributed by atoms with Gasteiger partial charge in [-0.2, -0.15) is 0 Å². The van der Waals surface area contributed by atoms with Crippen LogP contribution in [0.15, 0.2) is 24.3 Å². The summed E-state index contributed by atoms with van der Waals surface area (Å²) in [5, 5.41) is 5.68. The first-order valence-corrected chi connectivity index (χ1v) is 7.50. The highest BCUT2D eigenvalue weighted by Crippen LogP contribution is 2.09. The molecular weight excluding hydrogens is 320 g/mol. The molecule has 0 aromatic heterocycles. The topological polar surface area (TPSA) is 84.5 Å². The highest BCUT2D eigenvalue weighted by atomic mass is 35.5. The lowest BCUT2D eigenvalue weighted by atomic mass is 10.1. The first-order chi connectivity index (χ1) is 10.6. The second-order valence-corrected chi connectivity index (χ2v) is 6.54. The number of halogens is 1. The minimum absolute atomic E-state index is 0.375. The van der Waals surface area contributed by atoms with Gasteiger partial charge in [-0.3, -0.25) is 9.59 Å². The van der Waals surface area contributed by atoms with Gasteiger partial charge in [-0.15, -0.1) is 0 Å². The summed E-state index contributed by atoms with van der Waals surface area (Å²) in [6.07, 6.45) is 0. The number of carbonyl (C=O) groups is 3. The molecule has 1 rings (SSSR count). The highest BCUT2D eigenvalue weighted by Gasteiger charge is 2.20. The summed E-state index contributed by atoms with van der Waals surface area (Å²) in [7, 11) is 0. The smallest absolute Gasteiger partial charge is 0.328 e. The molecule has 0 saturated carbocycles. The Labute approximate surface area is 140 Å². The minimum Gasteiger partial charge on any atom is -0.454 e. The van der Waals surface area contributed by atoms with Crippen LogP contribution < -0.4 is 10.6 Å². The Hall–Kier alpha value is -2.08. The SMILES string of the molecule is CC(NC(=O)c1ccc(Cl)cc1)C(=O)OCC(=O)NC(C)(C)C. The normalized spacial score (nSPS) is 12.2. The fourth-order valence-electron chi connectivity index (χ4n) is 1.66. The van der Waals surface area contributed by atoms with Crippen LogP contribution in [0, 0.1) is 0 Å². The highest BCUT2D eigenvalue weighted by molar-refractivity contribution is 6.30. The van der Waals surface area contributed by atoms with Gasteiger partial charge in [0.1, 0.15) is 6.04 Å². The van der Waals surface area contributed by atoms with Crippen molar-refractivity contribution in [2.75, 3.05) is 6.61 Å². The molecule has 6 nitrogen and oxygen atoms in total. The summed E-state index contributed by atoms with van der Waals surface area (Å²) in [5.41, 5.74) is -0.0303. The molecule has 0 aliphatic carbocycles. The van der Waals surface area contributed by atoms with Crippen molar-refractivity contribution in [3.63, 3.8) is 0 Å². The first-order valence-electron chi connectivity index (χ1n) is 7.12. The van der Waals surface area contributed by atoms with Crippen molar-refractivity contribution in [3.05, 3.63) is 34.9 Å². The number of ether oxygens (including phenoxy) is 1. The predicted octanol–water partition coefficient (Wildman–Crippen LogP) is 1.92. The molecule has 0 spiro atoms. The van der Waals surface area contributed by atoms with E-state index >= 15 is 0 Å². The predicted molar refractivity (Wildman–Crippen MR) is 87.2 cm³/mol. The molecule has 1 aromatic carbocycles. The van der Waals surface area contributed by atoms with E-state index in [0.29, 0.717) is 10.6 Å². The molecule has 7 heteroatoms. The molecule has 2 N–H and O–H groups in total. The summed E-state index contributed by atoms with van der Waals surface area (Å²) in [5.74, 6) is -1.51. The van der Waals surface area contributed by atoms with E-state index in [-0.39, 0.29) is 0 Å². The first kappa shape index (κ1) is 19.0. The van der Waals surface area contributed by atoms with Crippen LogP contribution in [0.5, 0.6) is 0 Å². The molecule has 0 aliphatic rings. The second-order valence-electron chi connectivity index (χ2n) is 6.11. The Morgan fingerprint density at radius 2 is 1.74 bits per heavy atom. The molecular formula is C16H21ClN2O4. The van der Waals surface area contributed by atoms with E-state index in [1.807, 2.05) is 20.8 Å². The summed E-state index contributed by atoms with van der Waals surface area (Å²) < 4.78 is 4.88. The molecule has 1 unspecified atom stereocenters. The van der Waals surface area contributed by atoms with E-state index in [1.54, 1.807) is 24.3 Å². The van der Waals surface area contributed by atoms with Crippen LogP contribution in [0.1, 0.15) is 38.1 Å². The van der Waals surface area contributed by atoms with Crippen molar-refractivity contribution in [1.82, 2.24) is 10.6 Å². The van der Waals surface area contributed by atoms with E-state index in [9.17, 15) is 14.4 Å². The van der Waals surface area contributed by atoms with E-state index in [0.717, 1.165) is 0 Å². The van der Waals surface area contributed by atoms with Crippen molar-refractivity contribution in [2.45, 2.75) is 39.3 Å². The average molecular weight is 341 g/mol. The van der Waals surface area contributed by atoms with Gasteiger partial charge in [0.25, 0.3) is 11.8 Å². The molecule has 0 saturated heterocycles. The molecule has 1 aromatic rings. The number of benzene rings is 1. The zero-order valence-corrected chi connectivity index (χ0v) is 14.4. The number of carbonyl (C=O) groups excluding carboxylic acids is 3. The molecule has 0 bridgehead atoms. The van der Waals surface area contributed by atoms with Crippen LogP contribution in [0.25, 0.3) is 0 Å². The van der Waals surface area contributed by atoms with Gasteiger partial charge in [0.05, 0.1) is 0 Å². The lowest BCUT2D eigenvalue weighted by Crippen LogP contribution is -2.44. The number of rotatable bonds is 5. The third kappa shape index (κ3) is 7.15. The van der Waals surface area contributed by atoms with E-state index < -0.39 is 36.0 Å². The van der Waals surface area contributed by atoms with Gasteiger partial charge >= 0.3 is 5.97 Å². The van der Waals surface area contributed by atoms with Crippen molar-refractivity contribution in [1.29, 1.82) is 0 Å². The van der Waals surface area contributed by atoms with Gasteiger partial charge in [0.15, 0.2) is 6.61 Å². The van der Waals surface area contributed by atoms with Crippen LogP contribution in [0.2, 0.25) is 5.02 Å². The van der Waals surface area contributed by atoms with Gasteiger partial charge in [-0.05, 0) is 52.0 Å². The van der Waals surface area contributed by atoms with Crippen LogP contribution >= 0.6 is 11.6 Å². The number of esters is 1. The largest absolute Gasteiger partial charge is 0.454 e. The van der Waals surface area contributed by atoms with Crippen LogP contribution in [0.4, 0.5) is 0 Å². The fourth-order valence-corrected chi connectivity index (χ4v) is 1.78. The summed E-state index contributed by atoms with van der Waals surface area (Å²) in [6.45, 7) is 6.56. The summed E-state index contributed by atoms with van der Waals surface area (Å²) >= 11 is 5.75. The molecule has 126 valence electrons. The van der Waals surface area contributed by atoms with Crippen LogP contribution in [-0.4, -0.2) is 36.0 Å². The van der Waals surface area contributed by atoms with Gasteiger partial charge in [-0.25, -0.2) is 4.79 Å². The van der Waals surface area contributed by atoms with Crippen molar-refractivity contribution < 1.29 is 19.1 Å². The second kappa shape index (κ2) is 7.97. The molecule has 0 aliphatic heterocycles. The third-order valence-corrected chi connectivity index (χ3v) is 2.92. The zero-order chi connectivity index (χ0) is 17.6. The maximum absolute atomic E-state index is 12.0. The maximum Gasteiger partial charge on any atom is 0.328 e. The fraction of sp³-hybridized carbons (Fsp3) is 0.438. The number of nitrogens with one attached hydrogen (secondary N) is 2. The average Bonchev–Trinajstić information content (AvgIpc) is 2.43. The molecule has 2 amide bonds. The number of hydrogen-bond donors (Lipinski definition) is 2. The number of hydrogen-bond acceptors (Lipinski definition) is 4. The zero-order valence-electron chi connectivity index (χ0n) is 13.6.